The minimum absolute atomic E-state index is 0.168. The topological polar surface area (TPSA) is 153 Å². The molecule has 0 radical (unpaired) electrons. The van der Waals surface area contributed by atoms with E-state index >= 15 is 0 Å². The highest BCUT2D eigenvalue weighted by molar-refractivity contribution is 5.94. The first kappa shape index (κ1) is 22.0. The number of benzene rings is 1. The first-order valence-corrected chi connectivity index (χ1v) is 11.0. The van der Waals surface area contributed by atoms with Gasteiger partial charge in [-0.2, -0.15) is 15.3 Å². The molecule has 1 aliphatic rings. The first-order chi connectivity index (χ1) is 17.1. The number of amides is 2. The van der Waals surface area contributed by atoms with E-state index in [1.165, 1.54) is 6.26 Å². The van der Waals surface area contributed by atoms with Crippen LogP contribution in [0.1, 0.15) is 29.0 Å². The predicted octanol–water partition coefficient (Wildman–Crippen LogP) is 2.87. The average molecular weight is 471 g/mol. The number of carbonyl (C=O) groups is 2. The van der Waals surface area contributed by atoms with Gasteiger partial charge in [-0.05, 0) is 31.0 Å². The third-order valence-corrected chi connectivity index (χ3v) is 5.79. The molecule has 5 rings (SSSR count). The van der Waals surface area contributed by atoms with Crippen molar-refractivity contribution in [1.82, 2.24) is 26.0 Å². The number of piperidine rings is 1. The lowest BCUT2D eigenvalue weighted by atomic mass is 9.96. The predicted molar refractivity (Wildman–Crippen MR) is 123 cm³/mol. The highest BCUT2D eigenvalue weighted by Gasteiger charge is 2.29. The zero-order valence-electron chi connectivity index (χ0n) is 18.5. The molecular weight excluding hydrogens is 450 g/mol. The van der Waals surface area contributed by atoms with Gasteiger partial charge < -0.3 is 13.7 Å². The number of H-pyrrole nitrogens is 1. The Bertz CT molecular complexity index is 1360. The standard InChI is InChI=1S/C24H21N7O4/c25-14-19-24(35-23(26-19)20-7-4-12-34-20)31-10-8-16(9-11-31)21(32)29-30-22(33)18-13-17(27-28-18)15-5-2-1-3-6-15/h1-7,12-13,16H,8-11H2,(H,27,28)(H,29,32)(H,30,33). The number of furan rings is 1. The van der Waals surface area contributed by atoms with E-state index in [1.54, 1.807) is 18.2 Å². The largest absolute Gasteiger partial charge is 0.459 e. The molecule has 2 amide bonds. The first-order valence-electron chi connectivity index (χ1n) is 11.0. The number of aromatic nitrogens is 3. The number of aromatic amines is 1. The van der Waals surface area contributed by atoms with E-state index < -0.39 is 5.91 Å². The van der Waals surface area contributed by atoms with Gasteiger partial charge in [0.1, 0.15) is 11.8 Å². The summed E-state index contributed by atoms with van der Waals surface area (Å²) in [5.74, 6) is -0.0404. The van der Waals surface area contributed by atoms with Gasteiger partial charge in [-0.1, -0.05) is 30.3 Å². The van der Waals surface area contributed by atoms with Gasteiger partial charge in [0.2, 0.25) is 17.5 Å². The van der Waals surface area contributed by atoms with E-state index in [2.05, 4.69) is 26.0 Å². The Hall–Kier alpha value is -4.85. The third-order valence-electron chi connectivity index (χ3n) is 5.79. The van der Waals surface area contributed by atoms with Gasteiger partial charge in [-0.25, -0.2) is 0 Å². The quantitative estimate of drug-likeness (QED) is 0.376. The highest BCUT2D eigenvalue weighted by Crippen LogP contribution is 2.31. The fourth-order valence-corrected chi connectivity index (χ4v) is 3.93. The van der Waals surface area contributed by atoms with E-state index in [9.17, 15) is 14.9 Å². The van der Waals surface area contributed by atoms with E-state index in [0.717, 1.165) is 5.56 Å². The molecule has 0 atom stereocenters. The Balaban J connectivity index is 1.14. The van der Waals surface area contributed by atoms with Crippen molar-refractivity contribution in [2.45, 2.75) is 12.8 Å². The van der Waals surface area contributed by atoms with Crippen LogP contribution in [0.15, 0.2) is 63.6 Å². The fraction of sp³-hybridized carbons (Fsp3) is 0.208. The fourth-order valence-electron chi connectivity index (χ4n) is 3.93. The molecule has 0 spiro atoms. The van der Waals surface area contributed by atoms with Crippen LogP contribution in [0, 0.1) is 17.2 Å². The number of rotatable bonds is 5. The summed E-state index contributed by atoms with van der Waals surface area (Å²) < 4.78 is 11.1. The van der Waals surface area contributed by atoms with Crippen molar-refractivity contribution < 1.29 is 18.4 Å². The summed E-state index contributed by atoms with van der Waals surface area (Å²) >= 11 is 0. The van der Waals surface area contributed by atoms with Crippen LogP contribution in [0.4, 0.5) is 5.88 Å². The lowest BCUT2D eigenvalue weighted by Crippen LogP contribution is -2.47. The van der Waals surface area contributed by atoms with Crippen LogP contribution < -0.4 is 15.8 Å². The molecule has 0 saturated carbocycles. The maximum Gasteiger partial charge on any atom is 0.287 e. The number of nitrogens with zero attached hydrogens (tertiary/aromatic N) is 4. The average Bonchev–Trinajstić information content (AvgIpc) is 3.68. The molecule has 1 saturated heterocycles. The molecule has 3 N–H and O–H groups in total. The van der Waals surface area contributed by atoms with Gasteiger partial charge >= 0.3 is 0 Å². The number of oxazole rings is 1. The van der Waals surface area contributed by atoms with Crippen molar-refractivity contribution in [3.05, 3.63) is 66.2 Å². The number of anilines is 1. The molecule has 1 aromatic carbocycles. The van der Waals surface area contributed by atoms with Crippen LogP contribution >= 0.6 is 0 Å². The van der Waals surface area contributed by atoms with E-state index in [-0.39, 0.29) is 29.1 Å². The number of hydrogen-bond acceptors (Lipinski definition) is 8. The number of carbonyl (C=O) groups excluding carboxylic acids is 2. The SMILES string of the molecule is N#Cc1nc(-c2ccco2)oc1N1CCC(C(=O)NNC(=O)c2cc(-c3ccccc3)n[nH]2)CC1. The second-order valence-corrected chi connectivity index (χ2v) is 8.00. The number of nitriles is 1. The van der Waals surface area contributed by atoms with E-state index in [1.807, 2.05) is 41.3 Å². The Labute approximate surface area is 199 Å². The molecule has 1 fully saturated rings. The van der Waals surface area contributed by atoms with Gasteiger partial charge in [0, 0.05) is 24.6 Å². The molecular formula is C24H21N7O4. The lowest BCUT2D eigenvalue weighted by molar-refractivity contribution is -0.126. The van der Waals surface area contributed by atoms with Crippen molar-refractivity contribution in [1.29, 1.82) is 5.26 Å². The summed E-state index contributed by atoms with van der Waals surface area (Å²) in [6.07, 6.45) is 2.54. The molecule has 4 heterocycles. The summed E-state index contributed by atoms with van der Waals surface area (Å²) in [7, 11) is 0. The van der Waals surface area contributed by atoms with Crippen molar-refractivity contribution in [2.75, 3.05) is 18.0 Å². The van der Waals surface area contributed by atoms with Crippen LogP contribution in [0.3, 0.4) is 0 Å². The van der Waals surface area contributed by atoms with Gasteiger partial charge in [-0.3, -0.25) is 25.5 Å². The van der Waals surface area contributed by atoms with Gasteiger partial charge in [0.15, 0.2) is 5.76 Å². The molecule has 0 aliphatic carbocycles. The van der Waals surface area contributed by atoms with Crippen LogP contribution in [0.5, 0.6) is 0 Å². The summed E-state index contributed by atoms with van der Waals surface area (Å²) in [5, 5.41) is 16.3. The third kappa shape index (κ3) is 4.63. The maximum atomic E-state index is 12.6. The highest BCUT2D eigenvalue weighted by atomic mass is 16.4. The Morgan fingerprint density at radius 3 is 2.63 bits per heavy atom. The summed E-state index contributed by atoms with van der Waals surface area (Å²) in [6, 6.07) is 16.5. The van der Waals surface area contributed by atoms with Crippen molar-refractivity contribution in [3.8, 4) is 29.0 Å². The van der Waals surface area contributed by atoms with Gasteiger partial charge in [-0.15, -0.1) is 0 Å². The molecule has 176 valence electrons. The number of hydrazine groups is 1. The Kier molecular flexibility index (Phi) is 6.00. The van der Waals surface area contributed by atoms with E-state index in [0.29, 0.717) is 43.3 Å². The van der Waals surface area contributed by atoms with Crippen LogP contribution in [-0.2, 0) is 4.79 Å². The van der Waals surface area contributed by atoms with Crippen LogP contribution in [0.2, 0.25) is 0 Å². The molecule has 11 heteroatoms. The molecule has 35 heavy (non-hydrogen) atoms. The van der Waals surface area contributed by atoms with Crippen LogP contribution in [-0.4, -0.2) is 40.1 Å². The molecule has 11 nitrogen and oxygen atoms in total. The minimum Gasteiger partial charge on any atom is -0.459 e. The smallest absolute Gasteiger partial charge is 0.287 e. The molecule has 0 unspecified atom stereocenters. The summed E-state index contributed by atoms with van der Waals surface area (Å²) in [5.41, 5.74) is 6.84. The molecule has 4 aromatic rings. The second-order valence-electron chi connectivity index (χ2n) is 8.00. The summed E-state index contributed by atoms with van der Waals surface area (Å²) in [4.78, 5) is 31.1. The van der Waals surface area contributed by atoms with Crippen molar-refractivity contribution >= 4 is 17.7 Å². The normalized spacial score (nSPS) is 13.9. The molecule has 1 aliphatic heterocycles. The Morgan fingerprint density at radius 2 is 1.91 bits per heavy atom. The second kappa shape index (κ2) is 9.56. The summed E-state index contributed by atoms with van der Waals surface area (Å²) in [6.45, 7) is 0.989. The van der Waals surface area contributed by atoms with E-state index in [4.69, 9.17) is 8.83 Å². The zero-order valence-corrected chi connectivity index (χ0v) is 18.5. The van der Waals surface area contributed by atoms with Gasteiger partial charge in [0.25, 0.3) is 11.8 Å². The molecule has 0 bridgehead atoms. The van der Waals surface area contributed by atoms with Gasteiger partial charge in [0.05, 0.1) is 12.0 Å². The van der Waals surface area contributed by atoms with Crippen molar-refractivity contribution in [3.63, 3.8) is 0 Å². The maximum absolute atomic E-state index is 12.6. The Morgan fingerprint density at radius 1 is 1.11 bits per heavy atom. The van der Waals surface area contributed by atoms with Crippen molar-refractivity contribution in [2.24, 2.45) is 5.92 Å². The molecule has 3 aromatic heterocycles. The zero-order chi connectivity index (χ0) is 24.2. The monoisotopic (exact) mass is 471 g/mol. The number of nitrogens with one attached hydrogen (secondary N) is 3. The lowest BCUT2D eigenvalue weighted by Gasteiger charge is -2.30. The van der Waals surface area contributed by atoms with Crippen LogP contribution in [0.25, 0.3) is 22.9 Å². The minimum atomic E-state index is -0.490. The number of hydrogen-bond donors (Lipinski definition) is 3.